The number of para-hydroxylation sites is 3. The third-order valence-corrected chi connectivity index (χ3v) is 7.16. The summed E-state index contributed by atoms with van der Waals surface area (Å²) in [7, 11) is 1.54. The molecule has 7 nitrogen and oxygen atoms in total. The first kappa shape index (κ1) is 26.6. The molecule has 3 aromatic rings. The second-order valence-electron chi connectivity index (χ2n) is 8.67. The predicted octanol–water partition coefficient (Wildman–Crippen LogP) is 5.71. The van der Waals surface area contributed by atoms with Gasteiger partial charge in [0.15, 0.2) is 0 Å². The number of carbonyl (C=O) groups is 2. The number of aryl methyl sites for hydroxylation is 1. The van der Waals surface area contributed by atoms with Crippen molar-refractivity contribution < 1.29 is 14.3 Å². The summed E-state index contributed by atoms with van der Waals surface area (Å²) in [4.78, 5) is 26.4. The van der Waals surface area contributed by atoms with Crippen molar-refractivity contribution >= 4 is 35.0 Å². The Kier molecular flexibility index (Phi) is 8.51. The summed E-state index contributed by atoms with van der Waals surface area (Å²) < 4.78 is 5.39. The average Bonchev–Trinajstić information content (AvgIpc) is 2.93. The van der Waals surface area contributed by atoms with E-state index < -0.39 is 5.92 Å². The van der Waals surface area contributed by atoms with E-state index in [9.17, 15) is 14.9 Å². The van der Waals surface area contributed by atoms with E-state index >= 15 is 0 Å². The Balaban J connectivity index is 1.63. The SMILES string of the molecule is COc1ccccc1NC(=O)C1=C(C)NC(SCC(=O)Nc2ccccc2C)=C(C#N)[C@H]1c1ccccc1. The van der Waals surface area contributed by atoms with E-state index in [0.717, 1.165) is 16.8 Å². The molecule has 4 rings (SSSR count). The normalized spacial score (nSPS) is 14.8. The number of carbonyl (C=O) groups excluding carboxylic acids is 2. The summed E-state index contributed by atoms with van der Waals surface area (Å²) in [6.07, 6.45) is 0. The van der Waals surface area contributed by atoms with E-state index in [4.69, 9.17) is 4.74 Å². The van der Waals surface area contributed by atoms with Gasteiger partial charge in [-0.15, -0.1) is 0 Å². The summed E-state index contributed by atoms with van der Waals surface area (Å²) in [6.45, 7) is 3.73. The molecule has 0 spiro atoms. The summed E-state index contributed by atoms with van der Waals surface area (Å²) >= 11 is 1.24. The Morgan fingerprint density at radius 1 is 0.947 bits per heavy atom. The highest BCUT2D eigenvalue weighted by molar-refractivity contribution is 8.03. The standard InChI is InChI=1S/C30H28N4O3S/c1-19-11-7-8-14-23(19)33-26(35)18-38-30-22(17-31)28(21-12-5-4-6-13-21)27(20(2)32-30)29(36)34-24-15-9-10-16-25(24)37-3/h4-16,28,32H,18H2,1-3H3,(H,33,35)(H,34,36)/t28-/m1/s1. The third kappa shape index (κ3) is 5.90. The van der Waals surface area contributed by atoms with E-state index in [1.54, 1.807) is 26.2 Å². The van der Waals surface area contributed by atoms with Gasteiger partial charge in [-0.3, -0.25) is 9.59 Å². The van der Waals surface area contributed by atoms with Gasteiger partial charge in [0.2, 0.25) is 5.91 Å². The predicted molar refractivity (Wildman–Crippen MR) is 152 cm³/mol. The monoisotopic (exact) mass is 524 g/mol. The number of nitrogens with one attached hydrogen (secondary N) is 3. The molecule has 0 unspecified atom stereocenters. The van der Waals surface area contributed by atoms with Gasteiger partial charge in [-0.05, 0) is 43.2 Å². The van der Waals surface area contributed by atoms with Gasteiger partial charge in [-0.1, -0.05) is 72.4 Å². The number of amides is 2. The lowest BCUT2D eigenvalue weighted by atomic mass is 9.82. The van der Waals surface area contributed by atoms with Crippen molar-refractivity contribution in [3.63, 3.8) is 0 Å². The zero-order valence-corrected chi connectivity index (χ0v) is 22.2. The van der Waals surface area contributed by atoms with Gasteiger partial charge in [0.25, 0.3) is 5.91 Å². The average molecular weight is 525 g/mol. The van der Waals surface area contributed by atoms with Crippen molar-refractivity contribution in [3.8, 4) is 11.8 Å². The van der Waals surface area contributed by atoms with Crippen LogP contribution in [0, 0.1) is 18.3 Å². The van der Waals surface area contributed by atoms with Gasteiger partial charge in [0.1, 0.15) is 5.75 Å². The smallest absolute Gasteiger partial charge is 0.254 e. The summed E-state index contributed by atoms with van der Waals surface area (Å²) in [5, 5.41) is 19.9. The van der Waals surface area contributed by atoms with E-state index in [0.29, 0.717) is 33.3 Å². The number of allylic oxidation sites excluding steroid dienone is 2. The van der Waals surface area contributed by atoms with Gasteiger partial charge in [0, 0.05) is 17.0 Å². The van der Waals surface area contributed by atoms with Crippen LogP contribution in [0.15, 0.2) is 101 Å². The molecular weight excluding hydrogens is 496 g/mol. The Hall–Kier alpha value is -4.48. The Labute approximate surface area is 226 Å². The number of methoxy groups -OCH3 is 1. The molecular formula is C30H28N4O3S. The molecule has 0 bridgehead atoms. The largest absolute Gasteiger partial charge is 0.495 e. The van der Waals surface area contributed by atoms with Crippen molar-refractivity contribution in [3.05, 3.63) is 112 Å². The lowest BCUT2D eigenvalue weighted by molar-refractivity contribution is -0.114. The first-order valence-corrected chi connectivity index (χ1v) is 13.0. The molecule has 0 aromatic heterocycles. The van der Waals surface area contributed by atoms with Crippen LogP contribution in [0.2, 0.25) is 0 Å². The number of ether oxygens (including phenoxy) is 1. The number of thioether (sulfide) groups is 1. The van der Waals surface area contributed by atoms with Gasteiger partial charge >= 0.3 is 0 Å². The first-order chi connectivity index (χ1) is 18.4. The number of dihydropyridines is 1. The Morgan fingerprint density at radius 2 is 1.61 bits per heavy atom. The van der Waals surface area contributed by atoms with Crippen molar-refractivity contribution in [1.82, 2.24) is 5.32 Å². The highest BCUT2D eigenvalue weighted by atomic mass is 32.2. The second-order valence-corrected chi connectivity index (χ2v) is 9.65. The van der Waals surface area contributed by atoms with Crippen molar-refractivity contribution in [2.75, 3.05) is 23.5 Å². The maximum Gasteiger partial charge on any atom is 0.254 e. The molecule has 192 valence electrons. The van der Waals surface area contributed by atoms with Gasteiger partial charge in [0.05, 0.1) is 41.1 Å². The minimum Gasteiger partial charge on any atom is -0.495 e. The number of nitrogens with zero attached hydrogens (tertiary/aromatic N) is 1. The molecule has 8 heteroatoms. The molecule has 0 fully saturated rings. The summed E-state index contributed by atoms with van der Waals surface area (Å²) in [5.41, 5.74) is 4.45. The number of anilines is 2. The van der Waals surface area contributed by atoms with Gasteiger partial charge in [-0.2, -0.15) is 5.26 Å². The van der Waals surface area contributed by atoms with Crippen molar-refractivity contribution in [2.45, 2.75) is 19.8 Å². The molecule has 1 heterocycles. The number of hydrogen-bond acceptors (Lipinski definition) is 6. The van der Waals surface area contributed by atoms with E-state index in [-0.39, 0.29) is 17.6 Å². The van der Waals surface area contributed by atoms with Crippen LogP contribution in [0.25, 0.3) is 0 Å². The first-order valence-electron chi connectivity index (χ1n) is 12.0. The highest BCUT2D eigenvalue weighted by Gasteiger charge is 2.35. The molecule has 1 atom stereocenters. The maximum absolute atomic E-state index is 13.6. The maximum atomic E-state index is 13.6. The summed E-state index contributed by atoms with van der Waals surface area (Å²) in [6, 6.07) is 26.4. The molecule has 38 heavy (non-hydrogen) atoms. The fourth-order valence-corrected chi connectivity index (χ4v) is 5.17. The number of rotatable bonds is 8. The molecule has 3 N–H and O–H groups in total. The molecule has 0 aliphatic carbocycles. The van der Waals surface area contributed by atoms with Crippen LogP contribution in [0.4, 0.5) is 11.4 Å². The lowest BCUT2D eigenvalue weighted by Crippen LogP contribution is -2.31. The molecule has 0 radical (unpaired) electrons. The fourth-order valence-electron chi connectivity index (χ4n) is 4.28. The quantitative estimate of drug-likeness (QED) is 0.349. The molecule has 1 aliphatic rings. The number of benzene rings is 3. The minimum atomic E-state index is -0.612. The molecule has 3 aromatic carbocycles. The Morgan fingerprint density at radius 3 is 2.29 bits per heavy atom. The molecule has 2 amide bonds. The van der Waals surface area contributed by atoms with Crippen LogP contribution in [0.3, 0.4) is 0 Å². The van der Waals surface area contributed by atoms with Crippen molar-refractivity contribution in [2.24, 2.45) is 0 Å². The third-order valence-electron chi connectivity index (χ3n) is 6.15. The minimum absolute atomic E-state index is 0.0966. The zero-order chi connectivity index (χ0) is 27.1. The highest BCUT2D eigenvalue weighted by Crippen LogP contribution is 2.41. The molecule has 1 aliphatic heterocycles. The van der Waals surface area contributed by atoms with Gasteiger partial charge < -0.3 is 20.7 Å². The fraction of sp³-hybridized carbons (Fsp3) is 0.167. The van der Waals surface area contributed by atoms with Crippen molar-refractivity contribution in [1.29, 1.82) is 5.26 Å². The van der Waals surface area contributed by atoms with Gasteiger partial charge in [-0.25, -0.2) is 0 Å². The molecule has 0 saturated carbocycles. The van der Waals surface area contributed by atoms with E-state index in [1.165, 1.54) is 11.8 Å². The zero-order valence-electron chi connectivity index (χ0n) is 21.4. The molecule has 0 saturated heterocycles. The van der Waals surface area contributed by atoms with E-state index in [2.05, 4.69) is 22.0 Å². The number of hydrogen-bond donors (Lipinski definition) is 3. The Bertz CT molecular complexity index is 1460. The topological polar surface area (TPSA) is 103 Å². The second kappa shape index (κ2) is 12.2. The van der Waals surface area contributed by atoms with E-state index in [1.807, 2.05) is 73.7 Å². The lowest BCUT2D eigenvalue weighted by Gasteiger charge is -2.30. The van der Waals surface area contributed by atoms with Crippen LogP contribution in [-0.4, -0.2) is 24.7 Å². The van der Waals surface area contributed by atoms with Crippen LogP contribution < -0.4 is 20.7 Å². The van der Waals surface area contributed by atoms with Crippen LogP contribution in [0.5, 0.6) is 5.75 Å². The summed E-state index contributed by atoms with van der Waals surface area (Å²) in [5.74, 6) is -0.513. The van der Waals surface area contributed by atoms with Crippen LogP contribution in [0.1, 0.15) is 24.0 Å². The van der Waals surface area contributed by atoms with Crippen LogP contribution >= 0.6 is 11.8 Å². The number of nitriles is 1. The van der Waals surface area contributed by atoms with Crippen LogP contribution in [-0.2, 0) is 9.59 Å².